The van der Waals surface area contributed by atoms with Gasteiger partial charge in [0.05, 0.1) is 22.1 Å². The Kier molecular flexibility index (Phi) is 5.11. The molecule has 0 atom stereocenters. The fourth-order valence-corrected chi connectivity index (χ4v) is 4.71. The summed E-state index contributed by atoms with van der Waals surface area (Å²) in [5.41, 5.74) is 0.0809. The third kappa shape index (κ3) is 3.49. The number of pyridine rings is 1. The van der Waals surface area contributed by atoms with Gasteiger partial charge in [-0.15, -0.1) is 0 Å². The van der Waals surface area contributed by atoms with Gasteiger partial charge in [0.2, 0.25) is 5.43 Å². The smallest absolute Gasteiger partial charge is 0.341 e. The predicted molar refractivity (Wildman–Crippen MR) is 122 cm³/mol. The van der Waals surface area contributed by atoms with Gasteiger partial charge >= 0.3 is 5.97 Å². The molecule has 0 radical (unpaired) electrons. The molecule has 11 heteroatoms. The number of nitrogens with zero attached hydrogens (tertiary/aromatic N) is 4. The van der Waals surface area contributed by atoms with Crippen LogP contribution >= 0.6 is 0 Å². The number of amides is 1. The molecule has 3 heterocycles. The van der Waals surface area contributed by atoms with Crippen LogP contribution in [0.15, 0.2) is 39.9 Å². The number of carbonyl (C=O) groups is 2. The van der Waals surface area contributed by atoms with Crippen LogP contribution in [-0.4, -0.2) is 57.6 Å². The Bertz CT molecular complexity index is 1380. The van der Waals surface area contributed by atoms with Crippen molar-refractivity contribution < 1.29 is 24.0 Å². The van der Waals surface area contributed by atoms with E-state index in [0.717, 1.165) is 12.8 Å². The van der Waals surface area contributed by atoms with Gasteiger partial charge in [0, 0.05) is 50.0 Å². The summed E-state index contributed by atoms with van der Waals surface area (Å²) in [7, 11) is 0. The van der Waals surface area contributed by atoms with E-state index >= 15 is 0 Å². The number of piperazine rings is 1. The van der Waals surface area contributed by atoms with Gasteiger partial charge in [-0.2, -0.15) is 0 Å². The molecule has 34 heavy (non-hydrogen) atoms. The average molecular weight is 466 g/mol. The monoisotopic (exact) mass is 466 g/mol. The van der Waals surface area contributed by atoms with Crippen LogP contribution in [0.25, 0.3) is 10.9 Å². The van der Waals surface area contributed by atoms with E-state index in [-0.39, 0.29) is 28.8 Å². The molecule has 11 nitrogen and oxygen atoms in total. The Labute approximate surface area is 192 Å². The molecule has 1 aliphatic carbocycles. The molecule has 1 aliphatic heterocycles. The SMILES string of the molecule is Cc1c(N2CCN(C(=O)c3ccco3)CC2)c([N+](=O)[O-])cc2c(=O)c(C(=O)O)cn(C3CC3)c12. The van der Waals surface area contributed by atoms with Gasteiger partial charge in [-0.05, 0) is 31.9 Å². The number of carboxylic acids is 1. The number of benzene rings is 1. The molecule has 0 bridgehead atoms. The molecule has 2 fully saturated rings. The molecule has 2 aliphatic rings. The molecule has 5 rings (SSSR count). The summed E-state index contributed by atoms with van der Waals surface area (Å²) in [5, 5.41) is 21.6. The van der Waals surface area contributed by atoms with Crippen LogP contribution < -0.4 is 10.3 Å². The summed E-state index contributed by atoms with van der Waals surface area (Å²) >= 11 is 0. The molecule has 3 aromatic rings. The van der Waals surface area contributed by atoms with Crippen LogP contribution in [0.3, 0.4) is 0 Å². The summed E-state index contributed by atoms with van der Waals surface area (Å²) in [5.74, 6) is -1.36. The molecule has 0 spiro atoms. The zero-order chi connectivity index (χ0) is 24.1. The summed E-state index contributed by atoms with van der Waals surface area (Å²) < 4.78 is 6.97. The third-order valence-corrected chi connectivity index (χ3v) is 6.49. The van der Waals surface area contributed by atoms with Gasteiger partial charge < -0.3 is 23.9 Å². The van der Waals surface area contributed by atoms with Crippen molar-refractivity contribution in [2.75, 3.05) is 31.1 Å². The second-order valence-electron chi connectivity index (χ2n) is 8.59. The van der Waals surface area contributed by atoms with E-state index in [1.54, 1.807) is 28.5 Å². The zero-order valence-corrected chi connectivity index (χ0v) is 18.4. The van der Waals surface area contributed by atoms with E-state index < -0.39 is 21.9 Å². The number of nitro groups is 1. The molecule has 1 aromatic carbocycles. The first kappa shape index (κ1) is 21.7. The Balaban J connectivity index is 1.59. The molecular formula is C23H22N4O7. The standard InChI is InChI=1S/C23H22N4O7/c1-13-19-15(21(28)16(23(30)31)12-26(19)14-4-5-14)11-17(27(32)33)20(13)24-6-8-25(9-7-24)22(29)18-3-2-10-34-18/h2-3,10-12,14H,4-9H2,1H3,(H,30,31). The van der Waals surface area contributed by atoms with E-state index in [4.69, 9.17) is 4.42 Å². The highest BCUT2D eigenvalue weighted by atomic mass is 16.6. The Morgan fingerprint density at radius 3 is 2.47 bits per heavy atom. The second-order valence-corrected chi connectivity index (χ2v) is 8.59. The van der Waals surface area contributed by atoms with Crippen molar-refractivity contribution in [2.45, 2.75) is 25.8 Å². The number of aromatic carboxylic acids is 1. The topological polar surface area (TPSA) is 139 Å². The largest absolute Gasteiger partial charge is 0.477 e. The lowest BCUT2D eigenvalue weighted by Crippen LogP contribution is -2.49. The number of hydrogen-bond donors (Lipinski definition) is 1. The van der Waals surface area contributed by atoms with E-state index in [0.29, 0.717) is 42.9 Å². The highest BCUT2D eigenvalue weighted by Gasteiger charge is 2.33. The maximum atomic E-state index is 12.9. The number of nitro benzene ring substituents is 1. The number of aromatic nitrogens is 1. The van der Waals surface area contributed by atoms with Crippen LogP contribution in [0.5, 0.6) is 0 Å². The zero-order valence-electron chi connectivity index (χ0n) is 18.4. The van der Waals surface area contributed by atoms with Crippen molar-refractivity contribution in [1.29, 1.82) is 0 Å². The first-order valence-corrected chi connectivity index (χ1v) is 11.0. The second kappa shape index (κ2) is 8.01. The van der Waals surface area contributed by atoms with Gasteiger partial charge in [-0.1, -0.05) is 0 Å². The van der Waals surface area contributed by atoms with E-state index in [1.165, 1.54) is 18.5 Å². The number of carboxylic acid groups (broad SMARTS) is 1. The number of furan rings is 1. The van der Waals surface area contributed by atoms with Crippen molar-refractivity contribution >= 4 is 34.2 Å². The van der Waals surface area contributed by atoms with E-state index in [1.807, 2.05) is 4.90 Å². The Morgan fingerprint density at radius 2 is 1.91 bits per heavy atom. The number of anilines is 1. The number of aryl methyl sites for hydroxylation is 1. The first-order chi connectivity index (χ1) is 16.3. The normalized spacial score (nSPS) is 16.1. The molecule has 1 saturated carbocycles. The van der Waals surface area contributed by atoms with Gasteiger partial charge in [-0.3, -0.25) is 19.7 Å². The van der Waals surface area contributed by atoms with Crippen LogP contribution in [0.4, 0.5) is 11.4 Å². The van der Waals surface area contributed by atoms with Gasteiger partial charge in [0.1, 0.15) is 11.3 Å². The summed E-state index contributed by atoms with van der Waals surface area (Å²) in [6.45, 7) is 3.15. The molecule has 176 valence electrons. The molecule has 2 aromatic heterocycles. The fraction of sp³-hybridized carbons (Fsp3) is 0.348. The Morgan fingerprint density at radius 1 is 1.21 bits per heavy atom. The highest BCUT2D eigenvalue weighted by molar-refractivity contribution is 5.97. The third-order valence-electron chi connectivity index (χ3n) is 6.49. The van der Waals surface area contributed by atoms with Crippen LogP contribution in [0, 0.1) is 17.0 Å². The molecule has 1 saturated heterocycles. The maximum absolute atomic E-state index is 12.9. The predicted octanol–water partition coefficient (Wildman–Crippen LogP) is 2.81. The highest BCUT2D eigenvalue weighted by Crippen LogP contribution is 2.42. The minimum absolute atomic E-state index is 0.0337. The number of rotatable bonds is 5. The number of fused-ring (bicyclic) bond motifs is 1. The van der Waals surface area contributed by atoms with Crippen LogP contribution in [-0.2, 0) is 0 Å². The van der Waals surface area contributed by atoms with Crippen molar-refractivity contribution in [3.05, 3.63) is 67.9 Å². The van der Waals surface area contributed by atoms with Gasteiger partial charge in [0.15, 0.2) is 5.76 Å². The summed E-state index contributed by atoms with van der Waals surface area (Å²) in [6.07, 6.45) is 4.47. The lowest BCUT2D eigenvalue weighted by molar-refractivity contribution is -0.384. The quantitative estimate of drug-likeness (QED) is 0.447. The minimum atomic E-state index is -1.36. The van der Waals surface area contributed by atoms with Crippen molar-refractivity contribution in [3.8, 4) is 0 Å². The summed E-state index contributed by atoms with van der Waals surface area (Å²) in [4.78, 5) is 52.1. The van der Waals surface area contributed by atoms with Gasteiger partial charge in [0.25, 0.3) is 11.6 Å². The first-order valence-electron chi connectivity index (χ1n) is 11.0. The summed E-state index contributed by atoms with van der Waals surface area (Å²) in [6, 6.07) is 4.48. The van der Waals surface area contributed by atoms with E-state index in [9.17, 15) is 29.6 Å². The molecule has 1 amide bonds. The minimum Gasteiger partial charge on any atom is -0.477 e. The van der Waals surface area contributed by atoms with E-state index in [2.05, 4.69) is 0 Å². The van der Waals surface area contributed by atoms with Crippen molar-refractivity contribution in [1.82, 2.24) is 9.47 Å². The lowest BCUT2D eigenvalue weighted by atomic mass is 10.0. The molecule has 1 N–H and O–H groups in total. The van der Waals surface area contributed by atoms with Crippen LogP contribution in [0.1, 0.15) is 45.4 Å². The molecular weight excluding hydrogens is 444 g/mol. The molecule has 0 unspecified atom stereocenters. The Hall–Kier alpha value is -4.15. The number of hydrogen-bond acceptors (Lipinski definition) is 7. The lowest BCUT2D eigenvalue weighted by Gasteiger charge is -2.36. The van der Waals surface area contributed by atoms with Crippen LogP contribution in [0.2, 0.25) is 0 Å². The van der Waals surface area contributed by atoms with Gasteiger partial charge in [-0.25, -0.2) is 4.79 Å². The number of carbonyl (C=O) groups excluding carboxylic acids is 1. The van der Waals surface area contributed by atoms with Crippen molar-refractivity contribution in [2.24, 2.45) is 0 Å². The maximum Gasteiger partial charge on any atom is 0.341 e. The average Bonchev–Trinajstić information content (AvgIpc) is 3.51. The fourth-order valence-electron chi connectivity index (χ4n) is 4.71. The van der Waals surface area contributed by atoms with Crippen molar-refractivity contribution in [3.63, 3.8) is 0 Å².